The number of methoxy groups -OCH3 is 1. The van der Waals surface area contributed by atoms with Gasteiger partial charge in [-0.25, -0.2) is 13.6 Å². The van der Waals surface area contributed by atoms with E-state index in [1.165, 1.54) is 19.4 Å². The summed E-state index contributed by atoms with van der Waals surface area (Å²) in [6.45, 7) is 1.21. The lowest BCUT2D eigenvalue weighted by molar-refractivity contribution is 0.0694. The van der Waals surface area contributed by atoms with Crippen LogP contribution in [0.2, 0.25) is 0 Å². The molecule has 0 radical (unpaired) electrons. The first kappa shape index (κ1) is 18.9. The largest absolute Gasteiger partial charge is 0.493 e. The number of halogens is 2. The van der Waals surface area contributed by atoms with E-state index in [2.05, 4.69) is 0 Å². The predicted octanol–water partition coefficient (Wildman–Crippen LogP) is 3.37. The van der Waals surface area contributed by atoms with Gasteiger partial charge in [-0.3, -0.25) is 4.79 Å². The Bertz CT molecular complexity index is 938. The molecule has 1 aliphatic rings. The molecule has 0 amide bonds. The van der Waals surface area contributed by atoms with Crippen molar-refractivity contribution >= 4 is 5.97 Å². The molecule has 144 valence electrons. The number of alkyl halides is 2. The maximum Gasteiger partial charge on any atom is 0.341 e. The van der Waals surface area contributed by atoms with Gasteiger partial charge < -0.3 is 19.1 Å². The van der Waals surface area contributed by atoms with Crippen molar-refractivity contribution < 1.29 is 28.2 Å². The van der Waals surface area contributed by atoms with Crippen molar-refractivity contribution in [3.05, 3.63) is 45.7 Å². The van der Waals surface area contributed by atoms with Crippen molar-refractivity contribution in [2.24, 2.45) is 0 Å². The van der Waals surface area contributed by atoms with E-state index >= 15 is 0 Å². The van der Waals surface area contributed by atoms with E-state index < -0.39 is 24.4 Å². The average Bonchev–Trinajstić information content (AvgIpc) is 2.64. The van der Waals surface area contributed by atoms with Crippen LogP contribution in [0.5, 0.6) is 11.5 Å². The Hall–Kier alpha value is -2.90. The van der Waals surface area contributed by atoms with Gasteiger partial charge in [-0.05, 0) is 30.5 Å². The lowest BCUT2D eigenvalue weighted by atomic mass is 9.90. The summed E-state index contributed by atoms with van der Waals surface area (Å²) in [6.07, 6.45) is 0.0108. The number of fused-ring (bicyclic) bond motifs is 3. The van der Waals surface area contributed by atoms with Crippen LogP contribution in [0.25, 0.3) is 11.3 Å². The maximum atomic E-state index is 12.5. The molecule has 1 aliphatic heterocycles. The van der Waals surface area contributed by atoms with E-state index in [0.717, 1.165) is 5.56 Å². The molecule has 0 saturated heterocycles. The molecule has 3 rings (SSSR count). The highest BCUT2D eigenvalue weighted by atomic mass is 19.3. The van der Waals surface area contributed by atoms with Crippen molar-refractivity contribution in [1.82, 2.24) is 4.57 Å². The van der Waals surface area contributed by atoms with Crippen molar-refractivity contribution in [2.75, 3.05) is 13.7 Å². The van der Waals surface area contributed by atoms with Crippen molar-refractivity contribution in [3.63, 3.8) is 0 Å². The SMILES string of the molecule is CCC1Cc2cc(OCC(F)F)c(OC)cc2-c2cc(=O)c(C(=O)O)cn21. The fraction of sp³-hybridized carbons (Fsp3) is 0.368. The molecule has 0 bridgehead atoms. The number of aromatic nitrogens is 1. The minimum absolute atomic E-state index is 0.0671. The molecule has 1 unspecified atom stereocenters. The van der Waals surface area contributed by atoms with Gasteiger partial charge in [-0.15, -0.1) is 0 Å². The fourth-order valence-corrected chi connectivity index (χ4v) is 3.36. The van der Waals surface area contributed by atoms with Gasteiger partial charge in [-0.2, -0.15) is 0 Å². The summed E-state index contributed by atoms with van der Waals surface area (Å²) >= 11 is 0. The Morgan fingerprint density at radius 1 is 1.33 bits per heavy atom. The monoisotopic (exact) mass is 379 g/mol. The van der Waals surface area contributed by atoms with Crippen LogP contribution in [0.15, 0.2) is 29.2 Å². The van der Waals surface area contributed by atoms with Crippen LogP contribution in [-0.4, -0.2) is 35.8 Å². The zero-order valence-corrected chi connectivity index (χ0v) is 14.9. The van der Waals surface area contributed by atoms with Gasteiger partial charge in [0.2, 0.25) is 0 Å². The molecular weight excluding hydrogens is 360 g/mol. The van der Waals surface area contributed by atoms with Gasteiger partial charge in [0.1, 0.15) is 12.2 Å². The van der Waals surface area contributed by atoms with Gasteiger partial charge in [0, 0.05) is 23.9 Å². The quantitative estimate of drug-likeness (QED) is 0.833. The van der Waals surface area contributed by atoms with E-state index in [1.807, 2.05) is 6.92 Å². The predicted molar refractivity (Wildman–Crippen MR) is 94.2 cm³/mol. The van der Waals surface area contributed by atoms with E-state index in [0.29, 0.717) is 24.1 Å². The van der Waals surface area contributed by atoms with Crippen molar-refractivity contribution in [1.29, 1.82) is 0 Å². The zero-order chi connectivity index (χ0) is 19.7. The Labute approximate surface area is 154 Å². The lowest BCUT2D eigenvalue weighted by Gasteiger charge is -2.31. The zero-order valence-electron chi connectivity index (χ0n) is 14.9. The third kappa shape index (κ3) is 3.51. The second-order valence-electron chi connectivity index (χ2n) is 6.28. The maximum absolute atomic E-state index is 12.5. The van der Waals surface area contributed by atoms with Gasteiger partial charge >= 0.3 is 5.97 Å². The number of ether oxygens (including phenoxy) is 2. The second-order valence-corrected chi connectivity index (χ2v) is 6.28. The lowest BCUT2D eigenvalue weighted by Crippen LogP contribution is -2.25. The number of pyridine rings is 1. The fourth-order valence-electron chi connectivity index (χ4n) is 3.36. The van der Waals surface area contributed by atoms with Crippen LogP contribution in [0.4, 0.5) is 8.78 Å². The van der Waals surface area contributed by atoms with Crippen LogP contribution in [0, 0.1) is 0 Å². The first-order valence-corrected chi connectivity index (χ1v) is 8.47. The van der Waals surface area contributed by atoms with Crippen molar-refractivity contribution in [3.8, 4) is 22.8 Å². The summed E-state index contributed by atoms with van der Waals surface area (Å²) in [7, 11) is 1.40. The topological polar surface area (TPSA) is 77.8 Å². The highest BCUT2D eigenvalue weighted by Crippen LogP contribution is 2.41. The smallest absolute Gasteiger partial charge is 0.341 e. The minimum atomic E-state index is -2.61. The molecule has 27 heavy (non-hydrogen) atoms. The number of hydrogen-bond donors (Lipinski definition) is 1. The van der Waals surface area contributed by atoms with Crippen LogP contribution >= 0.6 is 0 Å². The number of carboxylic acids is 1. The summed E-state index contributed by atoms with van der Waals surface area (Å²) in [5, 5.41) is 9.23. The van der Waals surface area contributed by atoms with Crippen LogP contribution in [0.3, 0.4) is 0 Å². The molecule has 6 nitrogen and oxygen atoms in total. The molecule has 1 N–H and O–H groups in total. The molecule has 1 atom stereocenters. The number of nitrogens with zero attached hydrogens (tertiary/aromatic N) is 1. The molecule has 1 aromatic heterocycles. The van der Waals surface area contributed by atoms with Crippen LogP contribution < -0.4 is 14.9 Å². The van der Waals surface area contributed by atoms with Gasteiger partial charge in [0.05, 0.1) is 12.8 Å². The molecule has 2 heterocycles. The number of benzene rings is 1. The summed E-state index contributed by atoms with van der Waals surface area (Å²) in [5.74, 6) is -0.792. The van der Waals surface area contributed by atoms with E-state index in [4.69, 9.17) is 9.47 Å². The Morgan fingerprint density at radius 2 is 2.07 bits per heavy atom. The molecule has 8 heteroatoms. The molecule has 0 saturated carbocycles. The first-order chi connectivity index (χ1) is 12.8. The summed E-state index contributed by atoms with van der Waals surface area (Å²) in [4.78, 5) is 23.5. The summed E-state index contributed by atoms with van der Waals surface area (Å²) in [5.41, 5.74) is 1.21. The van der Waals surface area contributed by atoms with E-state index in [1.54, 1.807) is 16.7 Å². The third-order valence-electron chi connectivity index (χ3n) is 4.66. The Morgan fingerprint density at radius 3 is 2.67 bits per heavy atom. The molecule has 2 aromatic rings. The Kier molecular flexibility index (Phi) is 5.16. The van der Waals surface area contributed by atoms with Crippen LogP contribution in [0.1, 0.15) is 35.3 Å². The number of carbonyl (C=O) groups is 1. The Balaban J connectivity index is 2.17. The second kappa shape index (κ2) is 7.38. The normalized spacial score (nSPS) is 15.2. The molecule has 0 spiro atoms. The van der Waals surface area contributed by atoms with Gasteiger partial charge in [0.25, 0.3) is 6.43 Å². The molecular formula is C19H19F2NO5. The minimum Gasteiger partial charge on any atom is -0.493 e. The van der Waals surface area contributed by atoms with E-state index in [9.17, 15) is 23.5 Å². The molecule has 0 aliphatic carbocycles. The molecule has 1 aromatic carbocycles. The highest BCUT2D eigenvalue weighted by molar-refractivity contribution is 5.87. The highest BCUT2D eigenvalue weighted by Gasteiger charge is 2.27. The van der Waals surface area contributed by atoms with Crippen LogP contribution in [-0.2, 0) is 6.42 Å². The van der Waals surface area contributed by atoms with Gasteiger partial charge in [0.15, 0.2) is 16.9 Å². The first-order valence-electron chi connectivity index (χ1n) is 8.47. The number of hydrogen-bond acceptors (Lipinski definition) is 4. The number of aromatic carboxylic acids is 1. The summed E-state index contributed by atoms with van der Waals surface area (Å²) in [6, 6.07) is 4.51. The van der Waals surface area contributed by atoms with Crippen molar-refractivity contribution in [2.45, 2.75) is 32.2 Å². The molecule has 0 fully saturated rings. The third-order valence-corrected chi connectivity index (χ3v) is 4.66. The van der Waals surface area contributed by atoms with E-state index in [-0.39, 0.29) is 23.1 Å². The number of rotatable bonds is 6. The standard InChI is InChI=1S/C19H19F2NO5/c1-3-11-4-10-5-17(27-9-18(20)21)16(26-2)6-12(10)14-7-15(23)13(19(24)25)8-22(11)14/h5-8,11,18H,3-4,9H2,1-2H3,(H,24,25). The van der Waals surface area contributed by atoms with Gasteiger partial charge in [-0.1, -0.05) is 6.92 Å². The average molecular weight is 379 g/mol. The summed E-state index contributed by atoms with van der Waals surface area (Å²) < 4.78 is 37.2. The number of carboxylic acid groups (broad SMARTS) is 1.